The molecule has 0 aliphatic carbocycles. The summed E-state index contributed by atoms with van der Waals surface area (Å²) in [6.45, 7) is 5.49. The highest BCUT2D eigenvalue weighted by molar-refractivity contribution is 7.99. The molecule has 0 aromatic rings. The summed E-state index contributed by atoms with van der Waals surface area (Å²) in [4.78, 5) is 27.9. The van der Waals surface area contributed by atoms with Crippen LogP contribution in [0.25, 0.3) is 0 Å². The Kier molecular flexibility index (Phi) is 3.95. The van der Waals surface area contributed by atoms with Gasteiger partial charge in [-0.3, -0.25) is 9.59 Å². The third kappa shape index (κ3) is 2.55. The number of likely N-dealkylation sites (tertiary alicyclic amines) is 1. The van der Waals surface area contributed by atoms with Gasteiger partial charge in [-0.25, -0.2) is 0 Å². The summed E-state index contributed by atoms with van der Waals surface area (Å²) in [5, 5.41) is 3.44. The normalized spacial score (nSPS) is 29.1. The zero-order valence-electron chi connectivity index (χ0n) is 12.1. The minimum Gasteiger partial charge on any atom is -0.341 e. The van der Waals surface area contributed by atoms with E-state index in [-0.39, 0.29) is 17.9 Å². The van der Waals surface area contributed by atoms with Crippen LogP contribution in [0.15, 0.2) is 0 Å². The summed E-state index contributed by atoms with van der Waals surface area (Å²) in [5.74, 6) is 1.59. The lowest BCUT2D eigenvalue weighted by Crippen LogP contribution is -2.52. The second-order valence-electron chi connectivity index (χ2n) is 6.26. The molecule has 5 nitrogen and oxygen atoms in total. The molecule has 0 saturated carbocycles. The van der Waals surface area contributed by atoms with Gasteiger partial charge in [0.05, 0.1) is 5.88 Å². The van der Waals surface area contributed by atoms with E-state index in [1.165, 1.54) is 6.42 Å². The first kappa shape index (κ1) is 14.2. The topological polar surface area (TPSA) is 52.7 Å². The fourth-order valence-electron chi connectivity index (χ4n) is 3.59. The summed E-state index contributed by atoms with van der Waals surface area (Å²) in [6, 6.07) is -0.228. The second kappa shape index (κ2) is 5.56. The van der Waals surface area contributed by atoms with Gasteiger partial charge in [-0.05, 0) is 31.2 Å². The van der Waals surface area contributed by atoms with Gasteiger partial charge in [-0.2, -0.15) is 0 Å². The van der Waals surface area contributed by atoms with Crippen molar-refractivity contribution in [1.29, 1.82) is 0 Å². The van der Waals surface area contributed by atoms with Gasteiger partial charge >= 0.3 is 0 Å². The molecule has 3 saturated heterocycles. The van der Waals surface area contributed by atoms with Crippen LogP contribution >= 0.6 is 11.8 Å². The number of amides is 2. The summed E-state index contributed by atoms with van der Waals surface area (Å²) in [7, 11) is 0. The Morgan fingerprint density at radius 3 is 2.60 bits per heavy atom. The molecule has 1 spiro atoms. The Morgan fingerprint density at radius 2 is 2.00 bits per heavy atom. The van der Waals surface area contributed by atoms with Crippen LogP contribution in [0.1, 0.15) is 26.2 Å². The van der Waals surface area contributed by atoms with Gasteiger partial charge in [-0.15, -0.1) is 11.8 Å². The van der Waals surface area contributed by atoms with Crippen LogP contribution in [0.3, 0.4) is 0 Å². The minimum absolute atomic E-state index is 0.0156. The number of nitrogens with zero attached hydrogens (tertiary/aromatic N) is 2. The van der Waals surface area contributed by atoms with Gasteiger partial charge < -0.3 is 15.1 Å². The lowest BCUT2D eigenvalue weighted by atomic mass is 9.78. The van der Waals surface area contributed by atoms with Crippen LogP contribution in [0.5, 0.6) is 0 Å². The molecule has 2 amide bonds. The Labute approximate surface area is 124 Å². The molecule has 0 bridgehead atoms. The average Bonchev–Trinajstić information content (AvgIpc) is 3.08. The maximum Gasteiger partial charge on any atom is 0.246 e. The first-order chi connectivity index (χ1) is 9.61. The Hall–Kier alpha value is -0.750. The lowest BCUT2D eigenvalue weighted by Gasteiger charge is -2.40. The highest BCUT2D eigenvalue weighted by Crippen LogP contribution is 2.37. The molecule has 3 rings (SSSR count). The van der Waals surface area contributed by atoms with Crippen LogP contribution in [0, 0.1) is 5.41 Å². The van der Waals surface area contributed by atoms with E-state index >= 15 is 0 Å². The van der Waals surface area contributed by atoms with E-state index in [1.807, 2.05) is 4.90 Å². The molecule has 1 atom stereocenters. The largest absolute Gasteiger partial charge is 0.341 e. The zero-order chi connectivity index (χ0) is 14.2. The van der Waals surface area contributed by atoms with E-state index in [0.717, 1.165) is 44.8 Å². The molecule has 0 radical (unpaired) electrons. The molecule has 3 fully saturated rings. The summed E-state index contributed by atoms with van der Waals surface area (Å²) < 4.78 is 0. The lowest BCUT2D eigenvalue weighted by molar-refractivity contribution is -0.143. The van der Waals surface area contributed by atoms with Crippen molar-refractivity contribution < 1.29 is 9.59 Å². The van der Waals surface area contributed by atoms with Crippen molar-refractivity contribution in [2.24, 2.45) is 5.41 Å². The zero-order valence-corrected chi connectivity index (χ0v) is 12.9. The quantitative estimate of drug-likeness (QED) is 0.766. The van der Waals surface area contributed by atoms with Crippen LogP contribution in [-0.2, 0) is 9.59 Å². The third-order valence-corrected chi connectivity index (χ3v) is 6.05. The molecule has 20 heavy (non-hydrogen) atoms. The molecule has 3 heterocycles. The first-order valence-electron chi connectivity index (χ1n) is 7.46. The Balaban J connectivity index is 1.60. The van der Waals surface area contributed by atoms with Gasteiger partial charge in [0.2, 0.25) is 11.8 Å². The van der Waals surface area contributed by atoms with Gasteiger partial charge in [0.15, 0.2) is 0 Å². The molecular formula is C14H23N3O2S. The van der Waals surface area contributed by atoms with E-state index < -0.39 is 0 Å². The molecule has 0 aromatic carbocycles. The van der Waals surface area contributed by atoms with Crippen molar-refractivity contribution in [2.45, 2.75) is 32.2 Å². The Bertz CT molecular complexity index is 399. The molecule has 3 aliphatic rings. The van der Waals surface area contributed by atoms with Crippen molar-refractivity contribution in [3.63, 3.8) is 0 Å². The van der Waals surface area contributed by atoms with Crippen molar-refractivity contribution in [1.82, 2.24) is 15.1 Å². The highest BCUT2D eigenvalue weighted by Gasteiger charge is 2.41. The van der Waals surface area contributed by atoms with Crippen LogP contribution in [0.2, 0.25) is 0 Å². The first-order valence-corrected chi connectivity index (χ1v) is 8.61. The van der Waals surface area contributed by atoms with E-state index in [9.17, 15) is 9.59 Å². The number of nitrogens with one attached hydrogen (secondary N) is 1. The molecule has 1 unspecified atom stereocenters. The van der Waals surface area contributed by atoms with E-state index in [1.54, 1.807) is 23.6 Å². The van der Waals surface area contributed by atoms with Crippen LogP contribution in [-0.4, -0.2) is 65.5 Å². The summed E-state index contributed by atoms with van der Waals surface area (Å²) in [5.41, 5.74) is 0.432. The van der Waals surface area contributed by atoms with E-state index in [0.29, 0.717) is 11.3 Å². The van der Waals surface area contributed by atoms with Crippen molar-refractivity contribution in [3.05, 3.63) is 0 Å². The number of rotatable bonds is 1. The molecule has 1 N–H and O–H groups in total. The maximum atomic E-state index is 12.6. The number of thioether (sulfide) groups is 1. The van der Waals surface area contributed by atoms with Gasteiger partial charge in [0, 0.05) is 32.3 Å². The second-order valence-corrected chi connectivity index (χ2v) is 7.26. The summed E-state index contributed by atoms with van der Waals surface area (Å²) in [6.07, 6.45) is 3.45. The van der Waals surface area contributed by atoms with Crippen molar-refractivity contribution >= 4 is 23.6 Å². The number of piperidine rings is 1. The number of hydrogen-bond acceptors (Lipinski definition) is 4. The van der Waals surface area contributed by atoms with Gasteiger partial charge in [0.25, 0.3) is 0 Å². The fraction of sp³-hybridized carbons (Fsp3) is 0.857. The smallest absolute Gasteiger partial charge is 0.246 e. The van der Waals surface area contributed by atoms with Crippen molar-refractivity contribution in [2.75, 3.05) is 37.8 Å². The molecule has 6 heteroatoms. The molecular weight excluding hydrogens is 274 g/mol. The summed E-state index contributed by atoms with van der Waals surface area (Å²) >= 11 is 1.68. The van der Waals surface area contributed by atoms with Gasteiger partial charge in [0.1, 0.15) is 6.04 Å². The highest BCUT2D eigenvalue weighted by atomic mass is 32.2. The molecule has 3 aliphatic heterocycles. The predicted molar refractivity (Wildman–Crippen MR) is 79.4 cm³/mol. The third-order valence-electron chi connectivity index (χ3n) is 5.04. The number of carbonyl (C=O) groups excluding carboxylic acids is 2. The fourth-order valence-corrected chi connectivity index (χ4v) is 4.80. The minimum atomic E-state index is -0.228. The van der Waals surface area contributed by atoms with E-state index in [2.05, 4.69) is 5.32 Å². The van der Waals surface area contributed by atoms with Crippen LogP contribution < -0.4 is 5.32 Å². The van der Waals surface area contributed by atoms with Crippen LogP contribution in [0.4, 0.5) is 0 Å². The average molecular weight is 297 g/mol. The van der Waals surface area contributed by atoms with E-state index in [4.69, 9.17) is 0 Å². The standard InChI is InChI=1S/C14H23N3O2S/c1-11(18)17-10-20-8-12(17)13(19)16-6-3-14(4-7-16)2-5-15-9-14/h12,15H,2-10H2,1H3. The van der Waals surface area contributed by atoms with Crippen molar-refractivity contribution in [3.8, 4) is 0 Å². The number of hydrogen-bond donors (Lipinski definition) is 1. The van der Waals surface area contributed by atoms with Gasteiger partial charge in [-0.1, -0.05) is 0 Å². The molecule has 0 aromatic heterocycles. The maximum absolute atomic E-state index is 12.6. The predicted octanol–water partition coefficient (Wildman–Crippen LogP) is 0.510. The monoisotopic (exact) mass is 297 g/mol. The SMILES string of the molecule is CC(=O)N1CSCC1C(=O)N1CCC2(CCNC2)CC1. The Morgan fingerprint density at radius 1 is 1.25 bits per heavy atom. The molecule has 112 valence electrons. The number of carbonyl (C=O) groups is 2.